The molecule has 5 aromatic heterocycles. The minimum absolute atomic E-state index is 0.128. The van der Waals surface area contributed by atoms with Crippen LogP contribution in [0.1, 0.15) is 24.3 Å². The Balaban J connectivity index is 1.36. The number of nitrogens with zero attached hydrogens (tertiary/aromatic N) is 6. The topological polar surface area (TPSA) is 116 Å². The number of ether oxygens (including phenoxy) is 1. The average molecular weight is 463 g/mol. The highest BCUT2D eigenvalue weighted by molar-refractivity contribution is 6.36. The quantitative estimate of drug-likeness (QED) is 0.405. The molecule has 1 fully saturated rings. The SMILES string of the molecule is Cn1cc(C2CC2)cc(Nc2nc3ncc(Oc4cnc5[nH]ncc5c4)c(Cl)c3n2C)c1=O. The number of hydrogen-bond donors (Lipinski definition) is 2. The van der Waals surface area contributed by atoms with E-state index in [0.717, 1.165) is 23.8 Å². The highest BCUT2D eigenvalue weighted by Crippen LogP contribution is 2.40. The van der Waals surface area contributed by atoms with Crippen molar-refractivity contribution in [3.63, 3.8) is 0 Å². The second-order valence-corrected chi connectivity index (χ2v) is 8.56. The third-order valence-corrected chi connectivity index (χ3v) is 6.16. The lowest BCUT2D eigenvalue weighted by Gasteiger charge is -2.10. The normalized spacial score (nSPS) is 13.7. The van der Waals surface area contributed by atoms with Crippen LogP contribution in [0, 0.1) is 0 Å². The van der Waals surface area contributed by atoms with Crippen molar-refractivity contribution in [2.75, 3.05) is 5.32 Å². The van der Waals surface area contributed by atoms with E-state index in [-0.39, 0.29) is 5.56 Å². The van der Waals surface area contributed by atoms with E-state index in [1.807, 2.05) is 25.4 Å². The van der Waals surface area contributed by atoms with Crippen molar-refractivity contribution in [1.82, 2.24) is 34.3 Å². The second-order valence-electron chi connectivity index (χ2n) is 8.19. The highest BCUT2D eigenvalue weighted by atomic mass is 35.5. The summed E-state index contributed by atoms with van der Waals surface area (Å²) in [6.07, 6.45) is 8.97. The molecule has 0 amide bonds. The molecule has 1 aliphatic carbocycles. The van der Waals surface area contributed by atoms with E-state index in [1.165, 1.54) is 6.20 Å². The van der Waals surface area contributed by atoms with Gasteiger partial charge in [-0.2, -0.15) is 10.1 Å². The van der Waals surface area contributed by atoms with E-state index in [0.29, 0.717) is 50.9 Å². The van der Waals surface area contributed by atoms with Crippen LogP contribution in [0.25, 0.3) is 22.2 Å². The Morgan fingerprint density at radius 3 is 2.85 bits per heavy atom. The number of H-pyrrole nitrogens is 1. The van der Waals surface area contributed by atoms with E-state index < -0.39 is 0 Å². The maximum Gasteiger partial charge on any atom is 0.274 e. The number of fused-ring (bicyclic) bond motifs is 2. The Kier molecular flexibility index (Phi) is 4.37. The summed E-state index contributed by atoms with van der Waals surface area (Å²) < 4.78 is 9.31. The molecule has 6 rings (SSSR count). The van der Waals surface area contributed by atoms with Gasteiger partial charge in [0.25, 0.3) is 5.56 Å². The van der Waals surface area contributed by atoms with Gasteiger partial charge in [-0.1, -0.05) is 11.6 Å². The van der Waals surface area contributed by atoms with E-state index in [2.05, 4.69) is 30.5 Å². The molecular formula is C22H19ClN8O2. The number of aromatic nitrogens is 7. The summed E-state index contributed by atoms with van der Waals surface area (Å²) in [5.41, 5.74) is 3.18. The van der Waals surface area contributed by atoms with Gasteiger partial charge in [-0.05, 0) is 36.5 Å². The number of anilines is 2. The zero-order valence-electron chi connectivity index (χ0n) is 17.8. The predicted molar refractivity (Wildman–Crippen MR) is 124 cm³/mol. The molecule has 2 N–H and O–H groups in total. The molecule has 33 heavy (non-hydrogen) atoms. The Hall–Kier alpha value is -3.92. The molecule has 0 unspecified atom stereocenters. The first kappa shape index (κ1) is 19.7. The lowest BCUT2D eigenvalue weighted by atomic mass is 10.2. The summed E-state index contributed by atoms with van der Waals surface area (Å²) in [5, 5.41) is 11.1. The highest BCUT2D eigenvalue weighted by Gasteiger charge is 2.25. The van der Waals surface area contributed by atoms with Crippen LogP contribution < -0.4 is 15.6 Å². The Labute approximate surface area is 192 Å². The van der Waals surface area contributed by atoms with E-state index in [4.69, 9.17) is 16.3 Å². The molecule has 0 aromatic carbocycles. The Morgan fingerprint density at radius 1 is 1.18 bits per heavy atom. The van der Waals surface area contributed by atoms with E-state index >= 15 is 0 Å². The first-order valence-electron chi connectivity index (χ1n) is 10.4. The van der Waals surface area contributed by atoms with Gasteiger partial charge in [-0.25, -0.2) is 9.97 Å². The van der Waals surface area contributed by atoms with Gasteiger partial charge in [0.2, 0.25) is 5.95 Å². The van der Waals surface area contributed by atoms with Gasteiger partial charge in [0.05, 0.1) is 18.6 Å². The summed E-state index contributed by atoms with van der Waals surface area (Å²) >= 11 is 6.68. The smallest absolute Gasteiger partial charge is 0.274 e. The van der Waals surface area contributed by atoms with Crippen molar-refractivity contribution in [1.29, 1.82) is 0 Å². The van der Waals surface area contributed by atoms with Crippen LogP contribution in [0.15, 0.2) is 41.7 Å². The summed E-state index contributed by atoms with van der Waals surface area (Å²) in [5.74, 6) is 1.86. The Bertz CT molecular complexity index is 1600. The molecule has 5 heterocycles. The molecule has 5 aromatic rings. The number of imidazole rings is 1. The molecule has 10 nitrogen and oxygen atoms in total. The second kappa shape index (κ2) is 7.31. The largest absolute Gasteiger partial charge is 0.452 e. The van der Waals surface area contributed by atoms with Gasteiger partial charge >= 0.3 is 0 Å². The molecular weight excluding hydrogens is 444 g/mol. The van der Waals surface area contributed by atoms with Crippen molar-refractivity contribution in [2.45, 2.75) is 18.8 Å². The minimum atomic E-state index is -0.128. The van der Waals surface area contributed by atoms with Crippen LogP contribution >= 0.6 is 11.6 Å². The van der Waals surface area contributed by atoms with Crippen LogP contribution in [-0.2, 0) is 14.1 Å². The van der Waals surface area contributed by atoms with E-state index in [9.17, 15) is 4.79 Å². The number of pyridine rings is 3. The van der Waals surface area contributed by atoms with Gasteiger partial charge in [-0.15, -0.1) is 0 Å². The van der Waals surface area contributed by atoms with Crippen LogP contribution in [0.4, 0.5) is 11.6 Å². The molecule has 0 atom stereocenters. The van der Waals surface area contributed by atoms with Crippen molar-refractivity contribution >= 4 is 45.4 Å². The fourth-order valence-electron chi connectivity index (χ4n) is 3.88. The lowest BCUT2D eigenvalue weighted by Crippen LogP contribution is -2.20. The number of hydrogen-bond acceptors (Lipinski definition) is 7. The molecule has 11 heteroatoms. The van der Waals surface area contributed by atoms with Gasteiger partial charge < -0.3 is 19.2 Å². The first-order chi connectivity index (χ1) is 16.0. The van der Waals surface area contributed by atoms with Crippen LogP contribution in [0.5, 0.6) is 11.5 Å². The number of halogens is 1. The number of rotatable bonds is 5. The number of nitrogens with one attached hydrogen (secondary N) is 2. The molecule has 0 saturated heterocycles. The van der Waals surface area contributed by atoms with Crippen molar-refractivity contribution < 1.29 is 4.74 Å². The molecule has 0 bridgehead atoms. The fourth-order valence-corrected chi connectivity index (χ4v) is 4.18. The standard InChI is InChI=1S/C22H19ClN8O2/c1-30-10-13(11-3-4-11)6-15(21(30)32)27-22-28-20-18(31(22)2)17(23)16(9-25-20)33-14-5-12-7-26-29-19(12)24-8-14/h5-11H,3-4H2,1-2H3,(H,24,26,29)(H,25,27,28). The van der Waals surface area contributed by atoms with Crippen LogP contribution in [-0.4, -0.2) is 34.3 Å². The molecule has 166 valence electrons. The van der Waals surface area contributed by atoms with Gasteiger partial charge in [0.1, 0.15) is 22.0 Å². The first-order valence-corrected chi connectivity index (χ1v) is 10.8. The summed E-state index contributed by atoms with van der Waals surface area (Å²) in [7, 11) is 3.56. The fraction of sp³-hybridized carbons (Fsp3) is 0.227. The van der Waals surface area contributed by atoms with Crippen molar-refractivity contribution in [3.8, 4) is 11.5 Å². The van der Waals surface area contributed by atoms with Gasteiger partial charge in [0.15, 0.2) is 17.0 Å². The molecule has 1 saturated carbocycles. The molecule has 0 radical (unpaired) electrons. The Morgan fingerprint density at radius 2 is 2.03 bits per heavy atom. The maximum absolute atomic E-state index is 12.7. The monoisotopic (exact) mass is 462 g/mol. The summed E-state index contributed by atoms with van der Waals surface area (Å²) in [6.45, 7) is 0. The van der Waals surface area contributed by atoms with Gasteiger partial charge in [0, 0.05) is 25.7 Å². The molecule has 0 spiro atoms. The van der Waals surface area contributed by atoms with Gasteiger partial charge in [-0.3, -0.25) is 9.89 Å². The summed E-state index contributed by atoms with van der Waals surface area (Å²) in [6, 6.07) is 3.72. The van der Waals surface area contributed by atoms with Crippen LogP contribution in [0.3, 0.4) is 0 Å². The van der Waals surface area contributed by atoms with Crippen LogP contribution in [0.2, 0.25) is 5.02 Å². The maximum atomic E-state index is 12.7. The zero-order valence-corrected chi connectivity index (χ0v) is 18.6. The predicted octanol–water partition coefficient (Wildman–Crippen LogP) is 4.01. The third-order valence-electron chi connectivity index (χ3n) is 5.80. The lowest BCUT2D eigenvalue weighted by molar-refractivity contribution is 0.480. The third kappa shape index (κ3) is 3.39. The molecule has 0 aliphatic heterocycles. The average Bonchev–Trinajstić information content (AvgIpc) is 3.46. The zero-order chi connectivity index (χ0) is 22.7. The van der Waals surface area contributed by atoms with Crippen molar-refractivity contribution in [3.05, 3.63) is 57.9 Å². The number of aryl methyl sites for hydroxylation is 2. The summed E-state index contributed by atoms with van der Waals surface area (Å²) in [4.78, 5) is 25.9. The van der Waals surface area contributed by atoms with Crippen molar-refractivity contribution in [2.24, 2.45) is 14.1 Å². The minimum Gasteiger partial charge on any atom is -0.452 e. The van der Waals surface area contributed by atoms with E-state index in [1.54, 1.807) is 28.6 Å². The molecule has 1 aliphatic rings. The number of aromatic amines is 1.